The van der Waals surface area contributed by atoms with Gasteiger partial charge in [-0.05, 0) is 32.6 Å². The molecule has 1 fully saturated rings. The molecular weight excluding hydrogens is 278 g/mol. The predicted octanol–water partition coefficient (Wildman–Crippen LogP) is 1.29. The summed E-state index contributed by atoms with van der Waals surface area (Å²) in [5.41, 5.74) is 0. The third-order valence-electron chi connectivity index (χ3n) is 3.56. The third-order valence-corrected chi connectivity index (χ3v) is 4.25. The maximum absolute atomic E-state index is 12.3. The van der Waals surface area contributed by atoms with Crippen LogP contribution in [-0.4, -0.2) is 50.8 Å². The highest BCUT2D eigenvalue weighted by molar-refractivity contribution is 7.88. The second-order valence-corrected chi connectivity index (χ2v) is 7.44. The molecule has 7 heteroatoms. The average molecular weight is 305 g/mol. The van der Waals surface area contributed by atoms with Crippen molar-refractivity contribution < 1.29 is 13.2 Å². The molecule has 1 saturated heterocycles. The fourth-order valence-electron chi connectivity index (χ4n) is 2.53. The van der Waals surface area contributed by atoms with Crippen LogP contribution in [0.15, 0.2) is 0 Å². The monoisotopic (exact) mass is 305 g/mol. The molecule has 0 unspecified atom stereocenters. The van der Waals surface area contributed by atoms with E-state index >= 15 is 0 Å². The largest absolute Gasteiger partial charge is 0.336 e. The summed E-state index contributed by atoms with van der Waals surface area (Å²) >= 11 is 0. The normalized spacial score (nSPS) is 21.6. The molecule has 0 radical (unpaired) electrons. The predicted molar refractivity (Wildman–Crippen MR) is 80.1 cm³/mol. The van der Waals surface area contributed by atoms with E-state index in [0.717, 1.165) is 38.4 Å². The highest BCUT2D eigenvalue weighted by atomic mass is 32.2. The molecule has 0 spiro atoms. The van der Waals surface area contributed by atoms with Crippen LogP contribution in [0.3, 0.4) is 0 Å². The summed E-state index contributed by atoms with van der Waals surface area (Å²) in [6, 6.07) is 0.0243. The van der Waals surface area contributed by atoms with E-state index < -0.39 is 10.0 Å². The minimum absolute atomic E-state index is 0.0488. The molecule has 20 heavy (non-hydrogen) atoms. The number of nitrogens with one attached hydrogen (secondary N) is 2. The summed E-state index contributed by atoms with van der Waals surface area (Å²) < 4.78 is 24.9. The van der Waals surface area contributed by atoms with Gasteiger partial charge >= 0.3 is 6.03 Å². The minimum atomic E-state index is -3.21. The fraction of sp³-hybridized carbons (Fsp3) is 0.923. The van der Waals surface area contributed by atoms with Crippen LogP contribution >= 0.6 is 0 Å². The van der Waals surface area contributed by atoms with Crippen LogP contribution in [0.5, 0.6) is 0 Å². The Hall–Kier alpha value is -0.820. The summed E-state index contributed by atoms with van der Waals surface area (Å²) in [4.78, 5) is 14.0. The second kappa shape index (κ2) is 7.83. The number of urea groups is 1. The van der Waals surface area contributed by atoms with Crippen LogP contribution in [0.2, 0.25) is 0 Å². The van der Waals surface area contributed by atoms with Gasteiger partial charge in [0.2, 0.25) is 10.0 Å². The molecule has 1 rings (SSSR count). The molecule has 1 heterocycles. The number of rotatable bonds is 6. The van der Waals surface area contributed by atoms with Crippen LogP contribution in [0.1, 0.15) is 46.0 Å². The van der Waals surface area contributed by atoms with E-state index in [1.165, 1.54) is 0 Å². The Morgan fingerprint density at radius 3 is 2.70 bits per heavy atom. The topological polar surface area (TPSA) is 78.5 Å². The van der Waals surface area contributed by atoms with Gasteiger partial charge in [0, 0.05) is 25.2 Å². The van der Waals surface area contributed by atoms with Crippen LogP contribution in [-0.2, 0) is 10.0 Å². The molecule has 0 aliphatic carbocycles. The Balaban J connectivity index is 2.56. The van der Waals surface area contributed by atoms with Gasteiger partial charge in [0.25, 0.3) is 0 Å². The van der Waals surface area contributed by atoms with Gasteiger partial charge in [0.05, 0.1) is 6.26 Å². The maximum Gasteiger partial charge on any atom is 0.317 e. The summed E-state index contributed by atoms with van der Waals surface area (Å²) in [6.45, 7) is 5.08. The van der Waals surface area contributed by atoms with Crippen LogP contribution < -0.4 is 10.0 Å². The lowest BCUT2D eigenvalue weighted by atomic mass is 10.0. The molecule has 2 amide bonds. The number of carbonyl (C=O) groups excluding carboxylic acids is 1. The average Bonchev–Trinajstić information content (AvgIpc) is 2.36. The molecule has 1 aliphatic heterocycles. The lowest BCUT2D eigenvalue weighted by molar-refractivity contribution is 0.149. The number of nitrogens with zero attached hydrogens (tertiary/aromatic N) is 1. The number of hydrogen-bond donors (Lipinski definition) is 2. The lowest BCUT2D eigenvalue weighted by Gasteiger charge is -2.36. The smallest absolute Gasteiger partial charge is 0.317 e. The molecule has 2 N–H and O–H groups in total. The van der Waals surface area contributed by atoms with Crippen LogP contribution in [0, 0.1) is 0 Å². The SMILES string of the molecule is CCC[C@@H](C)NC(=O)N1CCCC[C@@H]1CNS(C)(=O)=O. The van der Waals surface area contributed by atoms with Gasteiger partial charge in [-0.25, -0.2) is 17.9 Å². The number of carbonyl (C=O) groups is 1. The summed E-state index contributed by atoms with van der Waals surface area (Å²) in [5.74, 6) is 0. The quantitative estimate of drug-likeness (QED) is 0.776. The molecule has 6 nitrogen and oxygen atoms in total. The van der Waals surface area contributed by atoms with E-state index in [-0.39, 0.29) is 18.1 Å². The van der Waals surface area contributed by atoms with Gasteiger partial charge in [-0.1, -0.05) is 13.3 Å². The van der Waals surface area contributed by atoms with Crippen molar-refractivity contribution in [3.05, 3.63) is 0 Å². The Morgan fingerprint density at radius 1 is 1.40 bits per heavy atom. The second-order valence-electron chi connectivity index (χ2n) is 5.60. The first kappa shape index (κ1) is 17.2. The van der Waals surface area contributed by atoms with Gasteiger partial charge in [0.15, 0.2) is 0 Å². The number of piperidine rings is 1. The Bertz CT molecular complexity index is 411. The Kier molecular flexibility index (Phi) is 6.75. The first-order chi connectivity index (χ1) is 9.33. The van der Waals surface area contributed by atoms with Gasteiger partial charge in [-0.3, -0.25) is 0 Å². The molecule has 0 aromatic heterocycles. The molecule has 0 aromatic rings. The number of sulfonamides is 1. The van der Waals surface area contributed by atoms with E-state index in [0.29, 0.717) is 13.1 Å². The highest BCUT2D eigenvalue weighted by Gasteiger charge is 2.27. The Labute approximate surface area is 122 Å². The van der Waals surface area contributed by atoms with Crippen LogP contribution in [0.25, 0.3) is 0 Å². The maximum atomic E-state index is 12.3. The summed E-state index contributed by atoms with van der Waals surface area (Å²) in [6.07, 6.45) is 5.98. The van der Waals surface area contributed by atoms with Crippen molar-refractivity contribution in [1.82, 2.24) is 14.9 Å². The van der Waals surface area contributed by atoms with E-state index in [1.807, 2.05) is 6.92 Å². The van der Waals surface area contributed by atoms with Gasteiger partial charge in [-0.2, -0.15) is 0 Å². The number of hydrogen-bond acceptors (Lipinski definition) is 3. The van der Waals surface area contributed by atoms with Gasteiger partial charge in [0.1, 0.15) is 0 Å². The number of likely N-dealkylation sites (tertiary alicyclic amines) is 1. The molecule has 2 atom stereocenters. The zero-order valence-electron chi connectivity index (χ0n) is 12.7. The molecular formula is C13H27N3O3S. The summed E-state index contributed by atoms with van der Waals surface area (Å²) in [7, 11) is -3.21. The van der Waals surface area contributed by atoms with Crippen molar-refractivity contribution in [3.8, 4) is 0 Å². The van der Waals surface area contributed by atoms with E-state index in [2.05, 4.69) is 17.0 Å². The van der Waals surface area contributed by atoms with Crippen molar-refractivity contribution in [2.24, 2.45) is 0 Å². The molecule has 0 aromatic carbocycles. The van der Waals surface area contributed by atoms with E-state index in [1.54, 1.807) is 4.90 Å². The third kappa shape index (κ3) is 6.09. The molecule has 1 aliphatic rings. The first-order valence-corrected chi connectivity index (χ1v) is 9.24. The first-order valence-electron chi connectivity index (χ1n) is 7.35. The molecule has 118 valence electrons. The molecule has 0 bridgehead atoms. The Morgan fingerprint density at radius 2 is 2.10 bits per heavy atom. The summed E-state index contributed by atoms with van der Waals surface area (Å²) in [5, 5.41) is 2.99. The van der Waals surface area contributed by atoms with Gasteiger partial charge in [-0.15, -0.1) is 0 Å². The lowest BCUT2D eigenvalue weighted by Crippen LogP contribution is -2.54. The minimum Gasteiger partial charge on any atom is -0.336 e. The zero-order valence-corrected chi connectivity index (χ0v) is 13.5. The van der Waals surface area contributed by atoms with Crippen molar-refractivity contribution in [2.45, 2.75) is 58.0 Å². The molecule has 0 saturated carbocycles. The standard InChI is InChI=1S/C13H27N3O3S/c1-4-7-11(2)15-13(17)16-9-6-5-8-12(16)10-14-20(3,18)19/h11-12,14H,4-10H2,1-3H3,(H,15,17)/t11-,12-/m1/s1. The van der Waals surface area contributed by atoms with Crippen molar-refractivity contribution >= 4 is 16.1 Å². The highest BCUT2D eigenvalue weighted by Crippen LogP contribution is 2.17. The van der Waals surface area contributed by atoms with E-state index in [4.69, 9.17) is 0 Å². The van der Waals surface area contributed by atoms with Gasteiger partial charge < -0.3 is 10.2 Å². The zero-order chi connectivity index (χ0) is 15.2. The van der Waals surface area contributed by atoms with Crippen LogP contribution in [0.4, 0.5) is 4.79 Å². The van der Waals surface area contributed by atoms with E-state index in [9.17, 15) is 13.2 Å². The van der Waals surface area contributed by atoms with Crippen molar-refractivity contribution in [3.63, 3.8) is 0 Å². The number of amides is 2. The van der Waals surface area contributed by atoms with Crippen molar-refractivity contribution in [2.75, 3.05) is 19.3 Å². The fourth-order valence-corrected chi connectivity index (χ4v) is 3.02. The van der Waals surface area contributed by atoms with Crippen molar-refractivity contribution in [1.29, 1.82) is 0 Å².